The molecule has 0 amide bonds. The van der Waals surface area contributed by atoms with Gasteiger partial charge in [0.1, 0.15) is 5.75 Å². The summed E-state index contributed by atoms with van der Waals surface area (Å²) < 4.78 is 12.3. The van der Waals surface area contributed by atoms with E-state index in [1.54, 1.807) is 7.11 Å². The molecular formula is C13H17N5O2. The number of benzene rings is 1. The van der Waals surface area contributed by atoms with E-state index in [0.717, 1.165) is 43.4 Å². The number of ether oxygens (including phenoxy) is 2. The molecule has 1 saturated heterocycles. The molecular weight excluding hydrogens is 258 g/mol. The van der Waals surface area contributed by atoms with E-state index in [0.29, 0.717) is 6.67 Å². The van der Waals surface area contributed by atoms with Gasteiger partial charge in [-0.3, -0.25) is 4.90 Å². The van der Waals surface area contributed by atoms with Gasteiger partial charge in [-0.15, -0.1) is 5.10 Å². The van der Waals surface area contributed by atoms with Crippen LogP contribution in [0.5, 0.6) is 5.75 Å². The second-order valence-corrected chi connectivity index (χ2v) is 4.60. The molecule has 2 aromatic rings. The zero-order valence-electron chi connectivity index (χ0n) is 11.4. The van der Waals surface area contributed by atoms with Gasteiger partial charge in [-0.2, -0.15) is 0 Å². The van der Waals surface area contributed by atoms with Crippen molar-refractivity contribution >= 4 is 0 Å². The first kappa shape index (κ1) is 13.0. The highest BCUT2D eigenvalue weighted by atomic mass is 16.5. The van der Waals surface area contributed by atoms with Gasteiger partial charge < -0.3 is 9.47 Å². The molecule has 0 N–H and O–H groups in total. The minimum Gasteiger partial charge on any atom is -0.497 e. The smallest absolute Gasteiger partial charge is 0.183 e. The lowest BCUT2D eigenvalue weighted by Gasteiger charge is -2.26. The van der Waals surface area contributed by atoms with E-state index in [-0.39, 0.29) is 0 Å². The maximum Gasteiger partial charge on any atom is 0.183 e. The zero-order chi connectivity index (χ0) is 13.8. The SMILES string of the molecule is COc1ccc(-c2nnnn2CN2CCOCC2)cc1. The highest BCUT2D eigenvalue weighted by Crippen LogP contribution is 2.20. The highest BCUT2D eigenvalue weighted by molar-refractivity contribution is 5.55. The van der Waals surface area contributed by atoms with Crippen molar-refractivity contribution in [1.29, 1.82) is 0 Å². The van der Waals surface area contributed by atoms with Crippen LogP contribution < -0.4 is 4.74 Å². The maximum absolute atomic E-state index is 5.34. The van der Waals surface area contributed by atoms with Crippen LogP contribution in [0.3, 0.4) is 0 Å². The summed E-state index contributed by atoms with van der Waals surface area (Å²) in [7, 11) is 1.65. The molecule has 1 aromatic heterocycles. The van der Waals surface area contributed by atoms with Crippen LogP contribution in [0.1, 0.15) is 0 Å². The lowest BCUT2D eigenvalue weighted by Crippen LogP contribution is -2.37. The summed E-state index contributed by atoms with van der Waals surface area (Å²) in [5.74, 6) is 1.58. The lowest BCUT2D eigenvalue weighted by atomic mass is 10.2. The van der Waals surface area contributed by atoms with Crippen LogP contribution in [0, 0.1) is 0 Å². The lowest BCUT2D eigenvalue weighted by molar-refractivity contribution is 0.0213. The van der Waals surface area contributed by atoms with E-state index in [1.807, 2.05) is 28.9 Å². The van der Waals surface area contributed by atoms with Crippen molar-refractivity contribution in [2.24, 2.45) is 0 Å². The molecule has 0 unspecified atom stereocenters. The third-order valence-electron chi connectivity index (χ3n) is 3.32. The summed E-state index contributed by atoms with van der Waals surface area (Å²) in [4.78, 5) is 2.27. The molecule has 0 spiro atoms. The predicted molar refractivity (Wildman–Crippen MR) is 72.2 cm³/mol. The van der Waals surface area contributed by atoms with Crippen LogP contribution in [0.25, 0.3) is 11.4 Å². The van der Waals surface area contributed by atoms with Crippen molar-refractivity contribution in [3.8, 4) is 17.1 Å². The third-order valence-corrected chi connectivity index (χ3v) is 3.32. The molecule has 0 atom stereocenters. The van der Waals surface area contributed by atoms with Gasteiger partial charge in [0.2, 0.25) is 0 Å². The number of methoxy groups -OCH3 is 1. The largest absolute Gasteiger partial charge is 0.497 e. The Bertz CT molecular complexity index is 548. The van der Waals surface area contributed by atoms with Gasteiger partial charge in [-0.25, -0.2) is 4.68 Å². The van der Waals surface area contributed by atoms with Crippen molar-refractivity contribution in [3.63, 3.8) is 0 Å². The van der Waals surface area contributed by atoms with Crippen LogP contribution in [-0.2, 0) is 11.4 Å². The number of hydrogen-bond donors (Lipinski definition) is 0. The summed E-state index contributed by atoms with van der Waals surface area (Å²) in [5.41, 5.74) is 0.976. The molecule has 0 radical (unpaired) electrons. The van der Waals surface area contributed by atoms with Crippen LogP contribution in [0.2, 0.25) is 0 Å². The second-order valence-electron chi connectivity index (χ2n) is 4.60. The Morgan fingerprint density at radius 2 is 1.95 bits per heavy atom. The molecule has 0 saturated carbocycles. The van der Waals surface area contributed by atoms with Crippen molar-refractivity contribution in [1.82, 2.24) is 25.1 Å². The summed E-state index contributed by atoms with van der Waals surface area (Å²) >= 11 is 0. The first-order chi connectivity index (χ1) is 9.86. The molecule has 1 aromatic carbocycles. The van der Waals surface area contributed by atoms with E-state index >= 15 is 0 Å². The zero-order valence-corrected chi connectivity index (χ0v) is 11.4. The average Bonchev–Trinajstić information content (AvgIpc) is 2.96. The minimum atomic E-state index is 0.678. The van der Waals surface area contributed by atoms with Gasteiger partial charge >= 0.3 is 0 Å². The van der Waals surface area contributed by atoms with Crippen molar-refractivity contribution in [2.75, 3.05) is 33.4 Å². The number of rotatable bonds is 4. The third kappa shape index (κ3) is 2.78. The van der Waals surface area contributed by atoms with E-state index in [9.17, 15) is 0 Å². The number of hydrogen-bond acceptors (Lipinski definition) is 6. The van der Waals surface area contributed by atoms with Gasteiger partial charge in [0.05, 0.1) is 27.0 Å². The molecule has 1 fully saturated rings. The normalized spacial score (nSPS) is 16.2. The standard InChI is InChI=1S/C13H17N5O2/c1-19-12-4-2-11(3-5-12)13-14-15-16-18(13)10-17-6-8-20-9-7-17/h2-5H,6-10H2,1H3. The molecule has 7 heteroatoms. The van der Waals surface area contributed by atoms with Gasteiger partial charge in [0, 0.05) is 18.7 Å². The maximum atomic E-state index is 5.34. The fourth-order valence-corrected chi connectivity index (χ4v) is 2.18. The fourth-order valence-electron chi connectivity index (χ4n) is 2.18. The number of morpholine rings is 1. The van der Waals surface area contributed by atoms with E-state index in [1.165, 1.54) is 0 Å². The van der Waals surface area contributed by atoms with Gasteiger partial charge in [0.25, 0.3) is 0 Å². The summed E-state index contributed by atoms with van der Waals surface area (Å²) in [5, 5.41) is 12.0. The van der Waals surface area contributed by atoms with Crippen LogP contribution in [-0.4, -0.2) is 58.5 Å². The Labute approximate surface area is 117 Å². The quantitative estimate of drug-likeness (QED) is 0.816. The van der Waals surface area contributed by atoms with Crippen LogP contribution in [0.15, 0.2) is 24.3 Å². The molecule has 7 nitrogen and oxygen atoms in total. The Kier molecular flexibility index (Phi) is 3.89. The summed E-state index contributed by atoms with van der Waals surface area (Å²) in [6.45, 7) is 4.02. The van der Waals surface area contributed by atoms with Gasteiger partial charge in [-0.1, -0.05) is 0 Å². The van der Waals surface area contributed by atoms with E-state index in [4.69, 9.17) is 9.47 Å². The van der Waals surface area contributed by atoms with Crippen LogP contribution >= 0.6 is 0 Å². The second kappa shape index (κ2) is 5.98. The Hall–Kier alpha value is -1.99. The summed E-state index contributed by atoms with van der Waals surface area (Å²) in [6.07, 6.45) is 0. The number of nitrogens with zero attached hydrogens (tertiary/aromatic N) is 5. The molecule has 3 rings (SSSR count). The first-order valence-corrected chi connectivity index (χ1v) is 6.57. The first-order valence-electron chi connectivity index (χ1n) is 6.57. The molecule has 1 aliphatic heterocycles. The fraction of sp³-hybridized carbons (Fsp3) is 0.462. The average molecular weight is 275 g/mol. The minimum absolute atomic E-state index is 0.678. The number of aromatic nitrogens is 4. The molecule has 20 heavy (non-hydrogen) atoms. The summed E-state index contributed by atoms with van der Waals surface area (Å²) in [6, 6.07) is 7.73. The van der Waals surface area contributed by atoms with E-state index < -0.39 is 0 Å². The molecule has 0 aliphatic carbocycles. The van der Waals surface area contributed by atoms with Gasteiger partial charge in [0.15, 0.2) is 5.82 Å². The van der Waals surface area contributed by atoms with Crippen molar-refractivity contribution in [2.45, 2.75) is 6.67 Å². The van der Waals surface area contributed by atoms with Crippen molar-refractivity contribution in [3.05, 3.63) is 24.3 Å². The monoisotopic (exact) mass is 275 g/mol. The van der Waals surface area contributed by atoms with Gasteiger partial charge in [-0.05, 0) is 34.7 Å². The molecule has 106 valence electrons. The van der Waals surface area contributed by atoms with Crippen molar-refractivity contribution < 1.29 is 9.47 Å². The Balaban J connectivity index is 1.77. The Morgan fingerprint density at radius 1 is 1.20 bits per heavy atom. The van der Waals surface area contributed by atoms with Crippen LogP contribution in [0.4, 0.5) is 0 Å². The van der Waals surface area contributed by atoms with E-state index in [2.05, 4.69) is 20.4 Å². The molecule has 1 aliphatic rings. The topological polar surface area (TPSA) is 65.3 Å². The molecule has 2 heterocycles. The molecule has 0 bridgehead atoms. The highest BCUT2D eigenvalue weighted by Gasteiger charge is 2.15. The predicted octanol–water partition coefficient (Wildman–Crippen LogP) is 0.638. The Morgan fingerprint density at radius 3 is 2.65 bits per heavy atom. The number of tetrazole rings is 1.